The van der Waals surface area contributed by atoms with E-state index in [1.54, 1.807) is 0 Å². The number of rotatable bonds is 3. The number of carbonyl (C=O) groups excluding carboxylic acids is 1. The lowest BCUT2D eigenvalue weighted by atomic mass is 9.82. The highest BCUT2D eigenvalue weighted by Crippen LogP contribution is 2.38. The predicted octanol–water partition coefficient (Wildman–Crippen LogP) is 3.93. The normalized spacial score (nSPS) is 15.1. The van der Waals surface area contributed by atoms with Gasteiger partial charge >= 0.3 is 5.97 Å². The van der Waals surface area contributed by atoms with Crippen LogP contribution in [0, 0.1) is 5.41 Å². The lowest BCUT2D eigenvalue weighted by Gasteiger charge is -2.34. The third-order valence-corrected chi connectivity index (χ3v) is 4.52. The Hall–Kier alpha value is -0.830. The van der Waals surface area contributed by atoms with Crippen molar-refractivity contribution < 1.29 is 9.53 Å². The van der Waals surface area contributed by atoms with Gasteiger partial charge in [-0.05, 0) is 17.9 Å². The number of carbonyl (C=O) groups is 1. The molecule has 0 aliphatic rings. The van der Waals surface area contributed by atoms with E-state index in [0.717, 1.165) is 5.56 Å². The lowest BCUT2D eigenvalue weighted by molar-refractivity contribution is -0.150. The monoisotopic (exact) mass is 298 g/mol. The summed E-state index contributed by atoms with van der Waals surface area (Å²) in [7, 11) is 0. The summed E-state index contributed by atoms with van der Waals surface area (Å²) in [6.07, 6.45) is 0. The maximum atomic E-state index is 12.0. The molecule has 1 rings (SSSR count). The van der Waals surface area contributed by atoms with Crippen LogP contribution < -0.4 is 0 Å². The van der Waals surface area contributed by atoms with Crippen molar-refractivity contribution in [3.05, 3.63) is 35.9 Å². The maximum absolute atomic E-state index is 12.0. The molecule has 17 heavy (non-hydrogen) atoms. The molecule has 94 valence electrons. The van der Waals surface area contributed by atoms with E-state index in [9.17, 15) is 4.79 Å². The van der Waals surface area contributed by atoms with Gasteiger partial charge in [0.25, 0.3) is 0 Å². The molecule has 1 unspecified atom stereocenters. The molecule has 0 aliphatic carbocycles. The fourth-order valence-corrected chi connectivity index (χ4v) is 1.28. The third kappa shape index (κ3) is 3.56. The molecule has 0 amide bonds. The molecule has 0 spiro atoms. The molecule has 0 radical (unpaired) electrons. The van der Waals surface area contributed by atoms with Crippen molar-refractivity contribution in [3.8, 4) is 0 Å². The number of ether oxygens (including phenoxy) is 1. The molecule has 1 atom stereocenters. The van der Waals surface area contributed by atoms with Gasteiger partial charge in [0.2, 0.25) is 0 Å². The quantitative estimate of drug-likeness (QED) is 0.624. The Balaban J connectivity index is 2.62. The third-order valence-electron chi connectivity index (χ3n) is 3.00. The Morgan fingerprint density at radius 2 is 1.71 bits per heavy atom. The Bertz CT molecular complexity index is 377. The van der Waals surface area contributed by atoms with Gasteiger partial charge in [0.05, 0.1) is 0 Å². The van der Waals surface area contributed by atoms with Gasteiger partial charge in [0.15, 0.2) is 0 Å². The van der Waals surface area contributed by atoms with Crippen LogP contribution in [-0.4, -0.2) is 10.3 Å². The van der Waals surface area contributed by atoms with Crippen LogP contribution in [0.3, 0.4) is 0 Å². The first kappa shape index (κ1) is 14.2. The summed E-state index contributed by atoms with van der Waals surface area (Å²) in [5.74, 6) is -0.228. The summed E-state index contributed by atoms with van der Waals surface area (Å²) < 4.78 is 4.66. The molecule has 2 nitrogen and oxygen atoms in total. The number of halogens is 1. The zero-order chi connectivity index (χ0) is 13.1. The van der Waals surface area contributed by atoms with Crippen LogP contribution in [-0.2, 0) is 16.1 Å². The van der Waals surface area contributed by atoms with Gasteiger partial charge in [-0.15, -0.1) is 0 Å². The van der Waals surface area contributed by atoms with E-state index in [-0.39, 0.29) is 11.4 Å². The minimum atomic E-state index is -0.672. The highest BCUT2D eigenvalue weighted by atomic mass is 79.9. The Labute approximate surface area is 111 Å². The highest BCUT2D eigenvalue weighted by Gasteiger charge is 2.43. The molecule has 1 aromatic rings. The van der Waals surface area contributed by atoms with Crippen molar-refractivity contribution in [3.63, 3.8) is 0 Å². The largest absolute Gasteiger partial charge is 0.460 e. The van der Waals surface area contributed by atoms with Gasteiger partial charge in [-0.3, -0.25) is 4.79 Å². The van der Waals surface area contributed by atoms with Crippen molar-refractivity contribution in [2.24, 2.45) is 5.41 Å². The van der Waals surface area contributed by atoms with Gasteiger partial charge in [-0.1, -0.05) is 67.0 Å². The van der Waals surface area contributed by atoms with Gasteiger partial charge < -0.3 is 4.74 Å². The van der Waals surface area contributed by atoms with E-state index in [4.69, 9.17) is 4.74 Å². The first-order chi connectivity index (χ1) is 7.75. The van der Waals surface area contributed by atoms with Crippen LogP contribution in [0.1, 0.15) is 33.3 Å². The average Bonchev–Trinajstić information content (AvgIpc) is 2.25. The second-order valence-electron chi connectivity index (χ2n) is 5.31. The van der Waals surface area contributed by atoms with E-state index in [2.05, 4.69) is 15.9 Å². The standard InChI is InChI=1S/C14H19BrO2/c1-13(2,3)14(4,15)12(16)17-10-11-8-6-5-7-9-11/h5-9H,10H2,1-4H3. The van der Waals surface area contributed by atoms with Gasteiger partial charge in [0, 0.05) is 0 Å². The molecular formula is C14H19BrO2. The van der Waals surface area contributed by atoms with E-state index in [1.165, 1.54) is 0 Å². The van der Waals surface area contributed by atoms with Crippen LogP contribution >= 0.6 is 15.9 Å². The van der Waals surface area contributed by atoms with Crippen molar-refractivity contribution in [1.29, 1.82) is 0 Å². The second kappa shape index (κ2) is 5.21. The number of alkyl halides is 1. The van der Waals surface area contributed by atoms with Crippen molar-refractivity contribution in [2.75, 3.05) is 0 Å². The first-order valence-corrected chi connectivity index (χ1v) is 6.44. The zero-order valence-corrected chi connectivity index (χ0v) is 12.4. The molecule has 0 bridgehead atoms. The van der Waals surface area contributed by atoms with E-state index in [1.807, 2.05) is 58.0 Å². The fourth-order valence-electron chi connectivity index (χ4n) is 1.16. The number of hydrogen-bond acceptors (Lipinski definition) is 2. The topological polar surface area (TPSA) is 26.3 Å². The summed E-state index contributed by atoms with van der Waals surface area (Å²) in [5, 5.41) is 0. The summed E-state index contributed by atoms with van der Waals surface area (Å²) in [6.45, 7) is 8.18. The number of benzene rings is 1. The van der Waals surface area contributed by atoms with Gasteiger partial charge in [-0.2, -0.15) is 0 Å². The van der Waals surface area contributed by atoms with Gasteiger partial charge in [-0.25, -0.2) is 0 Å². The zero-order valence-electron chi connectivity index (χ0n) is 10.8. The average molecular weight is 299 g/mol. The molecular weight excluding hydrogens is 280 g/mol. The number of hydrogen-bond donors (Lipinski definition) is 0. The Morgan fingerprint density at radius 3 is 2.18 bits per heavy atom. The predicted molar refractivity (Wildman–Crippen MR) is 73.0 cm³/mol. The Morgan fingerprint density at radius 1 is 1.18 bits per heavy atom. The molecule has 0 saturated heterocycles. The minimum Gasteiger partial charge on any atom is -0.460 e. The molecule has 0 saturated carbocycles. The number of esters is 1. The van der Waals surface area contributed by atoms with E-state index < -0.39 is 4.32 Å². The molecule has 0 heterocycles. The molecule has 0 aliphatic heterocycles. The molecule has 0 aromatic heterocycles. The maximum Gasteiger partial charge on any atom is 0.323 e. The second-order valence-corrected chi connectivity index (χ2v) is 6.90. The first-order valence-electron chi connectivity index (χ1n) is 5.65. The Kier molecular flexibility index (Phi) is 4.36. The SMILES string of the molecule is CC(C)(C)C(C)(Br)C(=O)OCc1ccccc1. The van der Waals surface area contributed by atoms with Crippen LogP contribution in [0.2, 0.25) is 0 Å². The lowest BCUT2D eigenvalue weighted by Crippen LogP contribution is -2.42. The minimum absolute atomic E-state index is 0.194. The van der Waals surface area contributed by atoms with Crippen LogP contribution in [0.4, 0.5) is 0 Å². The van der Waals surface area contributed by atoms with Crippen LogP contribution in [0.15, 0.2) is 30.3 Å². The van der Waals surface area contributed by atoms with Crippen molar-refractivity contribution >= 4 is 21.9 Å². The molecule has 3 heteroatoms. The summed E-state index contributed by atoms with van der Waals surface area (Å²) in [5.41, 5.74) is 0.805. The summed E-state index contributed by atoms with van der Waals surface area (Å²) in [6, 6.07) is 9.68. The molecule has 0 N–H and O–H groups in total. The molecule has 0 fully saturated rings. The smallest absolute Gasteiger partial charge is 0.323 e. The summed E-state index contributed by atoms with van der Waals surface area (Å²) >= 11 is 3.47. The van der Waals surface area contributed by atoms with E-state index >= 15 is 0 Å². The highest BCUT2D eigenvalue weighted by molar-refractivity contribution is 9.10. The van der Waals surface area contributed by atoms with E-state index in [0.29, 0.717) is 6.61 Å². The van der Waals surface area contributed by atoms with Crippen LogP contribution in [0.25, 0.3) is 0 Å². The fraction of sp³-hybridized carbons (Fsp3) is 0.500. The van der Waals surface area contributed by atoms with Crippen molar-refractivity contribution in [2.45, 2.75) is 38.6 Å². The molecule has 1 aromatic carbocycles. The van der Waals surface area contributed by atoms with Crippen molar-refractivity contribution in [1.82, 2.24) is 0 Å². The van der Waals surface area contributed by atoms with Crippen LogP contribution in [0.5, 0.6) is 0 Å². The van der Waals surface area contributed by atoms with Gasteiger partial charge in [0.1, 0.15) is 10.9 Å². The summed E-state index contributed by atoms with van der Waals surface area (Å²) in [4.78, 5) is 12.0.